The molecule has 0 spiro atoms. The van der Waals surface area contributed by atoms with Crippen molar-refractivity contribution in [3.8, 4) is 6.07 Å². The standard InChI is InChI=1S/C19H17FN2/c1-12-8-15(10-21)9-18-19(12)14(3)13(2)11-22(18)17-6-4-16(20)5-7-17/h4-9,11,14H,1-3H3. The first kappa shape index (κ1) is 14.3. The maximum Gasteiger partial charge on any atom is 0.123 e. The summed E-state index contributed by atoms with van der Waals surface area (Å²) in [5.74, 6) is 0.0523. The number of nitrogens with zero attached hydrogens (tertiary/aromatic N) is 2. The highest BCUT2D eigenvalue weighted by Gasteiger charge is 2.25. The van der Waals surface area contributed by atoms with E-state index in [0.29, 0.717) is 11.5 Å². The molecule has 1 heterocycles. The van der Waals surface area contributed by atoms with Crippen LogP contribution in [0.4, 0.5) is 15.8 Å². The van der Waals surface area contributed by atoms with E-state index < -0.39 is 0 Å². The number of benzene rings is 2. The summed E-state index contributed by atoms with van der Waals surface area (Å²) in [6.07, 6.45) is 2.07. The maximum atomic E-state index is 13.2. The van der Waals surface area contributed by atoms with E-state index in [-0.39, 0.29) is 5.82 Å². The van der Waals surface area contributed by atoms with Gasteiger partial charge in [-0.25, -0.2) is 4.39 Å². The lowest BCUT2D eigenvalue weighted by molar-refractivity contribution is 0.628. The van der Waals surface area contributed by atoms with Gasteiger partial charge in [0.25, 0.3) is 0 Å². The normalized spacial score (nSPS) is 16.8. The predicted octanol–water partition coefficient (Wildman–Crippen LogP) is 5.16. The van der Waals surface area contributed by atoms with Crippen LogP contribution in [0.2, 0.25) is 0 Å². The van der Waals surface area contributed by atoms with Crippen molar-refractivity contribution in [3.05, 3.63) is 70.7 Å². The van der Waals surface area contributed by atoms with Gasteiger partial charge in [0.1, 0.15) is 5.82 Å². The van der Waals surface area contributed by atoms with Gasteiger partial charge in [0.15, 0.2) is 0 Å². The molecule has 1 unspecified atom stereocenters. The van der Waals surface area contributed by atoms with Gasteiger partial charge in [-0.2, -0.15) is 5.26 Å². The van der Waals surface area contributed by atoms with E-state index in [1.54, 1.807) is 12.1 Å². The van der Waals surface area contributed by atoms with Gasteiger partial charge in [0, 0.05) is 17.8 Å². The summed E-state index contributed by atoms with van der Waals surface area (Å²) in [4.78, 5) is 2.04. The molecule has 0 saturated heterocycles. The third kappa shape index (κ3) is 2.27. The summed E-state index contributed by atoms with van der Waals surface area (Å²) >= 11 is 0. The molecule has 0 saturated carbocycles. The Morgan fingerprint density at radius 2 is 1.82 bits per heavy atom. The second-order valence-corrected chi connectivity index (χ2v) is 5.78. The van der Waals surface area contributed by atoms with E-state index in [4.69, 9.17) is 0 Å². The molecule has 2 nitrogen and oxygen atoms in total. The maximum absolute atomic E-state index is 13.2. The summed E-state index contributed by atoms with van der Waals surface area (Å²) in [6, 6.07) is 12.5. The largest absolute Gasteiger partial charge is 0.317 e. The molecule has 2 aromatic carbocycles. The molecule has 2 aromatic rings. The van der Waals surface area contributed by atoms with Gasteiger partial charge in [-0.15, -0.1) is 0 Å². The highest BCUT2D eigenvalue weighted by atomic mass is 19.1. The zero-order chi connectivity index (χ0) is 15.9. The second kappa shape index (κ2) is 5.31. The highest BCUT2D eigenvalue weighted by Crippen LogP contribution is 2.43. The number of allylic oxidation sites excluding steroid dienone is 1. The molecular formula is C19H17FN2. The molecule has 0 amide bonds. The number of halogens is 1. The van der Waals surface area contributed by atoms with Crippen molar-refractivity contribution in [2.24, 2.45) is 0 Å². The van der Waals surface area contributed by atoms with Crippen LogP contribution >= 0.6 is 0 Å². The molecule has 1 aliphatic rings. The van der Waals surface area contributed by atoms with Crippen LogP contribution in [0.3, 0.4) is 0 Å². The second-order valence-electron chi connectivity index (χ2n) is 5.78. The predicted molar refractivity (Wildman–Crippen MR) is 86.6 cm³/mol. The Hall–Kier alpha value is -2.60. The number of hydrogen-bond donors (Lipinski definition) is 0. The van der Waals surface area contributed by atoms with Crippen LogP contribution in [0, 0.1) is 24.1 Å². The van der Waals surface area contributed by atoms with Crippen molar-refractivity contribution in [3.63, 3.8) is 0 Å². The van der Waals surface area contributed by atoms with Crippen molar-refractivity contribution >= 4 is 11.4 Å². The Bertz CT molecular complexity index is 797. The number of rotatable bonds is 1. The lowest BCUT2D eigenvalue weighted by Crippen LogP contribution is -2.19. The van der Waals surface area contributed by atoms with Crippen molar-refractivity contribution < 1.29 is 4.39 Å². The Balaban J connectivity index is 2.23. The molecule has 0 fully saturated rings. The first-order valence-corrected chi connectivity index (χ1v) is 7.29. The van der Waals surface area contributed by atoms with E-state index in [2.05, 4.69) is 26.1 Å². The Labute approximate surface area is 130 Å². The number of hydrogen-bond acceptors (Lipinski definition) is 2. The fraction of sp³-hybridized carbons (Fsp3) is 0.211. The Kier molecular flexibility index (Phi) is 3.46. The summed E-state index contributed by atoms with van der Waals surface area (Å²) in [5, 5.41) is 9.24. The molecule has 0 N–H and O–H groups in total. The third-order valence-electron chi connectivity index (χ3n) is 4.31. The monoisotopic (exact) mass is 292 g/mol. The van der Waals surface area contributed by atoms with Crippen LogP contribution in [-0.4, -0.2) is 0 Å². The lowest BCUT2D eigenvalue weighted by atomic mass is 9.85. The van der Waals surface area contributed by atoms with Crippen molar-refractivity contribution in [2.75, 3.05) is 4.90 Å². The van der Waals surface area contributed by atoms with Crippen molar-refractivity contribution in [1.29, 1.82) is 5.26 Å². The number of anilines is 2. The number of nitriles is 1. The summed E-state index contributed by atoms with van der Waals surface area (Å²) in [7, 11) is 0. The van der Waals surface area contributed by atoms with Gasteiger partial charge in [-0.3, -0.25) is 0 Å². The van der Waals surface area contributed by atoms with E-state index in [1.165, 1.54) is 23.3 Å². The Morgan fingerprint density at radius 1 is 1.14 bits per heavy atom. The minimum Gasteiger partial charge on any atom is -0.317 e. The third-order valence-corrected chi connectivity index (χ3v) is 4.31. The van der Waals surface area contributed by atoms with Crippen molar-refractivity contribution in [2.45, 2.75) is 26.7 Å². The topological polar surface area (TPSA) is 27.0 Å². The fourth-order valence-electron chi connectivity index (χ4n) is 3.03. The first-order chi connectivity index (χ1) is 10.5. The lowest BCUT2D eigenvalue weighted by Gasteiger charge is -2.33. The average molecular weight is 292 g/mol. The van der Waals surface area contributed by atoms with Gasteiger partial charge in [0.2, 0.25) is 0 Å². The van der Waals surface area contributed by atoms with E-state index in [0.717, 1.165) is 16.9 Å². The zero-order valence-corrected chi connectivity index (χ0v) is 12.9. The van der Waals surface area contributed by atoms with Crippen LogP contribution < -0.4 is 4.90 Å². The minimum absolute atomic E-state index is 0.253. The molecule has 110 valence electrons. The number of aryl methyl sites for hydroxylation is 1. The highest BCUT2D eigenvalue weighted by molar-refractivity contribution is 5.75. The molecule has 1 aliphatic heterocycles. The molecule has 0 aromatic heterocycles. The van der Waals surface area contributed by atoms with Crippen LogP contribution in [0.5, 0.6) is 0 Å². The van der Waals surface area contributed by atoms with E-state index in [1.807, 2.05) is 24.0 Å². The Morgan fingerprint density at radius 3 is 2.45 bits per heavy atom. The molecule has 0 aliphatic carbocycles. The molecule has 3 rings (SSSR count). The van der Waals surface area contributed by atoms with Gasteiger partial charge >= 0.3 is 0 Å². The van der Waals surface area contributed by atoms with Gasteiger partial charge in [-0.05, 0) is 66.9 Å². The van der Waals surface area contributed by atoms with E-state index >= 15 is 0 Å². The quantitative estimate of drug-likeness (QED) is 0.725. The van der Waals surface area contributed by atoms with Gasteiger partial charge < -0.3 is 4.90 Å². The molecular weight excluding hydrogens is 275 g/mol. The summed E-state index contributed by atoms with van der Waals surface area (Å²) < 4.78 is 13.2. The molecule has 1 atom stereocenters. The zero-order valence-electron chi connectivity index (χ0n) is 12.9. The van der Waals surface area contributed by atoms with Crippen LogP contribution in [0.1, 0.15) is 36.5 Å². The van der Waals surface area contributed by atoms with Gasteiger partial charge in [-0.1, -0.05) is 6.92 Å². The molecule has 0 radical (unpaired) electrons. The van der Waals surface area contributed by atoms with Crippen LogP contribution in [-0.2, 0) is 0 Å². The molecule has 22 heavy (non-hydrogen) atoms. The van der Waals surface area contributed by atoms with Crippen LogP contribution in [0.15, 0.2) is 48.2 Å². The average Bonchev–Trinajstić information content (AvgIpc) is 2.51. The van der Waals surface area contributed by atoms with Gasteiger partial charge in [0.05, 0.1) is 17.3 Å². The summed E-state index contributed by atoms with van der Waals surface area (Å²) in [6.45, 7) is 6.31. The number of fused-ring (bicyclic) bond motifs is 1. The smallest absolute Gasteiger partial charge is 0.123 e. The summed E-state index contributed by atoms with van der Waals surface area (Å²) in [5.41, 5.74) is 6.11. The van der Waals surface area contributed by atoms with E-state index in [9.17, 15) is 9.65 Å². The van der Waals surface area contributed by atoms with Crippen molar-refractivity contribution in [1.82, 2.24) is 0 Å². The molecule has 3 heteroatoms. The first-order valence-electron chi connectivity index (χ1n) is 7.29. The molecule has 0 bridgehead atoms. The fourth-order valence-corrected chi connectivity index (χ4v) is 3.03. The van der Waals surface area contributed by atoms with Crippen LogP contribution in [0.25, 0.3) is 0 Å². The SMILES string of the molecule is CC1=CN(c2ccc(F)cc2)c2cc(C#N)cc(C)c2C1C. The minimum atomic E-state index is -0.253.